The van der Waals surface area contributed by atoms with Crippen LogP contribution in [0.1, 0.15) is 16.8 Å². The molecule has 27 heavy (non-hydrogen) atoms. The van der Waals surface area contributed by atoms with Crippen molar-refractivity contribution in [3.63, 3.8) is 0 Å². The summed E-state index contributed by atoms with van der Waals surface area (Å²) in [5.41, 5.74) is -0.174. The van der Waals surface area contributed by atoms with Crippen LogP contribution in [0, 0.1) is 0 Å². The summed E-state index contributed by atoms with van der Waals surface area (Å²) >= 11 is 0.914. The number of aromatic carboxylic acids is 1. The van der Waals surface area contributed by atoms with Crippen LogP contribution in [0.5, 0.6) is 5.75 Å². The van der Waals surface area contributed by atoms with E-state index in [0.29, 0.717) is 0 Å². The molecular formula is C18H12F2NO5S-. The van der Waals surface area contributed by atoms with Crippen LogP contribution in [-0.4, -0.2) is 29.6 Å². The summed E-state index contributed by atoms with van der Waals surface area (Å²) in [6, 6.07) is 11.4. The molecule has 2 aromatic carbocycles. The summed E-state index contributed by atoms with van der Waals surface area (Å²) in [6.45, 7) is -3.11. The number of alkyl halides is 2. The van der Waals surface area contributed by atoms with Crippen molar-refractivity contribution in [1.29, 1.82) is 0 Å². The zero-order valence-electron chi connectivity index (χ0n) is 13.6. The van der Waals surface area contributed by atoms with E-state index in [1.165, 1.54) is 42.5 Å². The van der Waals surface area contributed by atoms with Crippen molar-refractivity contribution in [1.82, 2.24) is 0 Å². The lowest BCUT2D eigenvalue weighted by Crippen LogP contribution is -2.31. The Bertz CT molecular complexity index is 905. The molecule has 0 bridgehead atoms. The highest BCUT2D eigenvalue weighted by atomic mass is 32.2. The van der Waals surface area contributed by atoms with E-state index < -0.39 is 29.6 Å². The van der Waals surface area contributed by atoms with Crippen molar-refractivity contribution in [2.75, 3.05) is 4.90 Å². The van der Waals surface area contributed by atoms with Crippen molar-refractivity contribution in [3.8, 4) is 5.75 Å². The molecule has 1 aliphatic heterocycles. The normalized spacial score (nSPS) is 16.9. The summed E-state index contributed by atoms with van der Waals surface area (Å²) in [5.74, 6) is -2.92. The van der Waals surface area contributed by atoms with Crippen molar-refractivity contribution in [3.05, 3.63) is 54.1 Å². The fraction of sp³-hybridized carbons (Fsp3) is 0.167. The fourth-order valence-corrected chi connectivity index (χ4v) is 3.85. The summed E-state index contributed by atoms with van der Waals surface area (Å²) < 4.78 is 29.6. The quantitative estimate of drug-likeness (QED) is 0.700. The molecule has 140 valence electrons. The Morgan fingerprint density at radius 1 is 1.15 bits per heavy atom. The Hall–Kier alpha value is -2.94. The number of anilines is 1. The number of amides is 2. The maximum Gasteiger partial charge on any atom is 0.387 e. The van der Waals surface area contributed by atoms with Crippen LogP contribution in [0.15, 0.2) is 53.4 Å². The summed E-state index contributed by atoms with van der Waals surface area (Å²) in [5, 5.41) is 10.3. The molecule has 0 aromatic heterocycles. The van der Waals surface area contributed by atoms with E-state index in [-0.39, 0.29) is 28.3 Å². The van der Waals surface area contributed by atoms with Crippen LogP contribution in [0.4, 0.5) is 14.5 Å². The lowest BCUT2D eigenvalue weighted by atomic mass is 10.2. The van der Waals surface area contributed by atoms with Crippen LogP contribution in [0.25, 0.3) is 0 Å². The fourth-order valence-electron chi connectivity index (χ4n) is 2.68. The largest absolute Gasteiger partial charge is 0.545 e. The number of nitrogens with zero attached hydrogens (tertiary/aromatic N) is 1. The highest BCUT2D eigenvalue weighted by Crippen LogP contribution is 2.38. The van der Waals surface area contributed by atoms with Gasteiger partial charge in [0.1, 0.15) is 5.75 Å². The number of carboxylic acid groups (broad SMARTS) is 1. The van der Waals surface area contributed by atoms with Gasteiger partial charge in [0.25, 0.3) is 0 Å². The predicted molar refractivity (Wildman–Crippen MR) is 90.6 cm³/mol. The zero-order chi connectivity index (χ0) is 19.6. The Morgan fingerprint density at radius 2 is 1.81 bits per heavy atom. The molecular weight excluding hydrogens is 380 g/mol. The number of hydrogen-bond acceptors (Lipinski definition) is 6. The molecule has 0 N–H and O–H groups in total. The first-order valence-corrected chi connectivity index (χ1v) is 8.64. The topological polar surface area (TPSA) is 86.7 Å². The molecule has 0 radical (unpaired) electrons. The Kier molecular flexibility index (Phi) is 5.41. The second kappa shape index (κ2) is 7.75. The number of carbonyl (C=O) groups is 3. The molecule has 2 amide bonds. The Balaban J connectivity index is 1.88. The highest BCUT2D eigenvalue weighted by molar-refractivity contribution is 8.00. The molecule has 3 rings (SSSR count). The van der Waals surface area contributed by atoms with Gasteiger partial charge in [-0.3, -0.25) is 9.59 Å². The standard InChI is InChI=1S/C18H13F2NO5S/c19-18(20)26-12-7-3-2-6-11(12)21-15(22)9-14(16(21)23)27-13-8-4-1-5-10(13)17(24)25/h1-8,14,18H,9H2,(H,24,25)/p-1/t14-/m1/s1. The van der Waals surface area contributed by atoms with Crippen molar-refractivity contribution in [2.24, 2.45) is 0 Å². The third-order valence-electron chi connectivity index (χ3n) is 3.80. The minimum atomic E-state index is -3.11. The molecule has 0 unspecified atom stereocenters. The monoisotopic (exact) mass is 392 g/mol. The number of carbonyl (C=O) groups excluding carboxylic acids is 3. The van der Waals surface area contributed by atoms with Crippen molar-refractivity contribution < 1.29 is 33.0 Å². The van der Waals surface area contributed by atoms with E-state index in [1.54, 1.807) is 6.07 Å². The van der Waals surface area contributed by atoms with Gasteiger partial charge in [-0.1, -0.05) is 30.3 Å². The Labute approximate surface area is 156 Å². The molecule has 1 aliphatic rings. The predicted octanol–water partition coefficient (Wildman–Crippen LogP) is 2.08. The van der Waals surface area contributed by atoms with Gasteiger partial charge in [0.15, 0.2) is 0 Å². The molecule has 1 saturated heterocycles. The van der Waals surface area contributed by atoms with Gasteiger partial charge in [0.2, 0.25) is 11.8 Å². The van der Waals surface area contributed by atoms with Gasteiger partial charge in [-0.2, -0.15) is 8.78 Å². The van der Waals surface area contributed by atoms with E-state index in [0.717, 1.165) is 16.7 Å². The van der Waals surface area contributed by atoms with Crippen molar-refractivity contribution in [2.45, 2.75) is 23.2 Å². The maximum absolute atomic E-state index is 12.7. The number of para-hydroxylation sites is 2. The molecule has 2 aromatic rings. The first-order chi connectivity index (χ1) is 12.9. The third-order valence-corrected chi connectivity index (χ3v) is 5.07. The number of thioether (sulfide) groups is 1. The van der Waals surface area contributed by atoms with Gasteiger partial charge >= 0.3 is 6.61 Å². The van der Waals surface area contributed by atoms with Gasteiger partial charge in [0, 0.05) is 16.9 Å². The average Bonchev–Trinajstić information content (AvgIpc) is 2.89. The first kappa shape index (κ1) is 18.8. The lowest BCUT2D eigenvalue weighted by Gasteiger charge is -2.19. The third kappa shape index (κ3) is 3.92. The minimum absolute atomic E-state index is 0.0795. The van der Waals surface area contributed by atoms with Crippen LogP contribution in [-0.2, 0) is 9.59 Å². The highest BCUT2D eigenvalue weighted by Gasteiger charge is 2.41. The summed E-state index contributed by atoms with van der Waals surface area (Å²) in [6.07, 6.45) is -0.201. The second-order valence-electron chi connectivity index (χ2n) is 5.51. The van der Waals surface area contributed by atoms with Crippen LogP contribution >= 0.6 is 11.8 Å². The maximum atomic E-state index is 12.7. The smallest absolute Gasteiger partial charge is 0.387 e. The molecule has 0 aliphatic carbocycles. The van der Waals surface area contributed by atoms with Gasteiger partial charge < -0.3 is 14.6 Å². The molecule has 9 heteroatoms. The molecule has 6 nitrogen and oxygen atoms in total. The zero-order valence-corrected chi connectivity index (χ0v) is 14.4. The van der Waals surface area contributed by atoms with E-state index in [1.807, 2.05) is 0 Å². The van der Waals surface area contributed by atoms with Gasteiger partial charge in [-0.05, 0) is 18.2 Å². The number of halogens is 2. The molecule has 1 fully saturated rings. The number of ether oxygens (including phenoxy) is 1. The van der Waals surface area contributed by atoms with Crippen LogP contribution in [0.2, 0.25) is 0 Å². The summed E-state index contributed by atoms with van der Waals surface area (Å²) in [7, 11) is 0. The molecule has 0 saturated carbocycles. The van der Waals surface area contributed by atoms with E-state index in [4.69, 9.17) is 0 Å². The second-order valence-corrected chi connectivity index (χ2v) is 6.75. The molecule has 1 atom stereocenters. The SMILES string of the molecule is O=C([O-])c1ccccc1S[C@@H]1CC(=O)N(c2ccccc2OC(F)F)C1=O. The Morgan fingerprint density at radius 3 is 2.52 bits per heavy atom. The average molecular weight is 392 g/mol. The number of imide groups is 1. The molecule has 1 heterocycles. The van der Waals surface area contributed by atoms with Gasteiger partial charge in [-0.25, -0.2) is 4.90 Å². The van der Waals surface area contributed by atoms with Crippen LogP contribution in [0.3, 0.4) is 0 Å². The summed E-state index contributed by atoms with van der Waals surface area (Å²) in [4.78, 5) is 37.3. The van der Waals surface area contributed by atoms with Crippen LogP contribution < -0.4 is 14.7 Å². The number of carboxylic acids is 1. The van der Waals surface area contributed by atoms with E-state index in [2.05, 4.69) is 4.74 Å². The van der Waals surface area contributed by atoms with E-state index >= 15 is 0 Å². The number of hydrogen-bond donors (Lipinski definition) is 0. The van der Waals surface area contributed by atoms with Crippen molar-refractivity contribution >= 4 is 35.2 Å². The lowest BCUT2D eigenvalue weighted by molar-refractivity contribution is -0.255. The first-order valence-electron chi connectivity index (χ1n) is 7.76. The molecule has 0 spiro atoms. The number of rotatable bonds is 6. The number of benzene rings is 2. The van der Waals surface area contributed by atoms with Gasteiger partial charge in [-0.15, -0.1) is 11.8 Å². The van der Waals surface area contributed by atoms with Gasteiger partial charge in [0.05, 0.1) is 16.9 Å². The van der Waals surface area contributed by atoms with E-state index in [9.17, 15) is 28.3 Å². The minimum Gasteiger partial charge on any atom is -0.545 e.